The highest BCUT2D eigenvalue weighted by atomic mass is 32.2. The van der Waals surface area contributed by atoms with Gasteiger partial charge < -0.3 is 4.42 Å². The zero-order valence-corrected chi connectivity index (χ0v) is 21.3. The predicted molar refractivity (Wildman–Crippen MR) is 137 cm³/mol. The van der Waals surface area contributed by atoms with Gasteiger partial charge >= 0.3 is 0 Å². The highest BCUT2D eigenvalue weighted by Crippen LogP contribution is 2.33. The standard InChI is InChI=1S/C26H27N3O4S2/c1-18-5-8-22(9-6-18)35(31,32)28-13-11-20(12-14-28)25(30)29(17-21-4-3-15-33-21)26-27-23-10-7-19(2)16-24(23)34-26/h3-10,15-16,20H,11-14,17H2,1-2H3. The number of piperidine rings is 1. The van der Waals surface area contributed by atoms with Crippen LogP contribution in [-0.2, 0) is 21.4 Å². The van der Waals surface area contributed by atoms with Gasteiger partial charge in [0.1, 0.15) is 5.76 Å². The van der Waals surface area contributed by atoms with E-state index in [1.54, 1.807) is 41.5 Å². The molecule has 182 valence electrons. The van der Waals surface area contributed by atoms with Gasteiger partial charge in [0.2, 0.25) is 15.9 Å². The molecule has 3 heterocycles. The number of anilines is 1. The molecular formula is C26H27N3O4S2. The van der Waals surface area contributed by atoms with E-state index in [9.17, 15) is 13.2 Å². The van der Waals surface area contributed by atoms with Crippen LogP contribution in [0, 0.1) is 19.8 Å². The number of rotatable bonds is 6. The summed E-state index contributed by atoms with van der Waals surface area (Å²) in [5.41, 5.74) is 3.00. The lowest BCUT2D eigenvalue weighted by molar-refractivity contribution is -0.123. The summed E-state index contributed by atoms with van der Waals surface area (Å²) in [5, 5.41) is 0.627. The van der Waals surface area contributed by atoms with Crippen LogP contribution < -0.4 is 4.90 Å². The quantitative estimate of drug-likeness (QED) is 0.359. The van der Waals surface area contributed by atoms with Gasteiger partial charge in [-0.15, -0.1) is 0 Å². The highest BCUT2D eigenvalue weighted by Gasteiger charge is 2.35. The number of hydrogen-bond acceptors (Lipinski definition) is 6. The van der Waals surface area contributed by atoms with Gasteiger partial charge in [0.25, 0.3) is 0 Å². The van der Waals surface area contributed by atoms with E-state index in [0.29, 0.717) is 36.8 Å². The second-order valence-electron chi connectivity index (χ2n) is 8.96. The summed E-state index contributed by atoms with van der Waals surface area (Å²) in [6, 6.07) is 16.6. The Morgan fingerprint density at radius 2 is 1.80 bits per heavy atom. The van der Waals surface area contributed by atoms with E-state index in [0.717, 1.165) is 21.3 Å². The molecule has 0 aliphatic carbocycles. The average molecular weight is 510 g/mol. The molecule has 7 nitrogen and oxygen atoms in total. The fourth-order valence-electron chi connectivity index (χ4n) is 4.36. The molecule has 1 amide bonds. The Labute approximate surface area is 209 Å². The fourth-order valence-corrected chi connectivity index (χ4v) is 6.89. The molecule has 0 unspecified atom stereocenters. The van der Waals surface area contributed by atoms with Crippen LogP contribution in [0.2, 0.25) is 0 Å². The minimum Gasteiger partial charge on any atom is -0.467 e. The van der Waals surface area contributed by atoms with Crippen molar-refractivity contribution >= 4 is 42.6 Å². The molecule has 35 heavy (non-hydrogen) atoms. The van der Waals surface area contributed by atoms with E-state index < -0.39 is 10.0 Å². The zero-order chi connectivity index (χ0) is 24.6. The maximum atomic E-state index is 13.7. The number of aryl methyl sites for hydroxylation is 2. The van der Waals surface area contributed by atoms with E-state index in [1.807, 2.05) is 32.0 Å². The third-order valence-corrected chi connectivity index (χ3v) is 9.34. The van der Waals surface area contributed by atoms with Gasteiger partial charge in [-0.05, 0) is 68.7 Å². The van der Waals surface area contributed by atoms with Crippen LogP contribution in [0.15, 0.2) is 70.2 Å². The molecule has 0 spiro atoms. The molecule has 1 saturated heterocycles. The van der Waals surface area contributed by atoms with Gasteiger partial charge in [0.15, 0.2) is 5.13 Å². The summed E-state index contributed by atoms with van der Waals surface area (Å²) in [4.78, 5) is 20.4. The minimum absolute atomic E-state index is 0.0513. The number of aromatic nitrogens is 1. The summed E-state index contributed by atoms with van der Waals surface area (Å²) in [6.45, 7) is 4.85. The number of sulfonamides is 1. The Bertz CT molecular complexity index is 1440. The maximum absolute atomic E-state index is 13.7. The van der Waals surface area contributed by atoms with Crippen molar-refractivity contribution < 1.29 is 17.6 Å². The second kappa shape index (κ2) is 9.56. The van der Waals surface area contributed by atoms with Crippen LogP contribution in [0.4, 0.5) is 5.13 Å². The van der Waals surface area contributed by atoms with Crippen LogP contribution in [0.5, 0.6) is 0 Å². The summed E-state index contributed by atoms with van der Waals surface area (Å²) in [6.07, 6.45) is 2.51. The minimum atomic E-state index is -3.58. The second-order valence-corrected chi connectivity index (χ2v) is 11.9. The topological polar surface area (TPSA) is 83.7 Å². The van der Waals surface area contributed by atoms with Gasteiger partial charge in [-0.25, -0.2) is 13.4 Å². The van der Waals surface area contributed by atoms with E-state index in [1.165, 1.54) is 15.6 Å². The van der Waals surface area contributed by atoms with Gasteiger partial charge in [-0.2, -0.15) is 4.31 Å². The Morgan fingerprint density at radius 1 is 1.09 bits per heavy atom. The number of benzene rings is 2. The third kappa shape index (κ3) is 4.89. The molecule has 2 aromatic carbocycles. The molecule has 5 rings (SSSR count). The van der Waals surface area contributed by atoms with Crippen LogP contribution in [-0.4, -0.2) is 36.7 Å². The molecule has 1 aliphatic rings. The summed E-state index contributed by atoms with van der Waals surface area (Å²) in [5.74, 6) is 0.334. The van der Waals surface area contributed by atoms with E-state index >= 15 is 0 Å². The SMILES string of the molecule is Cc1ccc(S(=O)(=O)N2CCC(C(=O)N(Cc3ccco3)c3nc4ccc(C)cc4s3)CC2)cc1. The first-order chi connectivity index (χ1) is 16.8. The number of fused-ring (bicyclic) bond motifs is 1. The maximum Gasteiger partial charge on any atom is 0.243 e. The lowest BCUT2D eigenvalue weighted by atomic mass is 9.96. The fraction of sp³-hybridized carbons (Fsp3) is 0.308. The number of thiazole rings is 1. The van der Waals surface area contributed by atoms with Crippen LogP contribution in [0.1, 0.15) is 29.7 Å². The molecule has 4 aromatic rings. The smallest absolute Gasteiger partial charge is 0.243 e. The molecule has 2 aromatic heterocycles. The van der Waals surface area contributed by atoms with Crippen LogP contribution in [0.3, 0.4) is 0 Å². The number of amides is 1. The molecule has 9 heteroatoms. The van der Waals surface area contributed by atoms with Crippen molar-refractivity contribution in [2.75, 3.05) is 18.0 Å². The van der Waals surface area contributed by atoms with Crippen molar-refractivity contribution in [2.24, 2.45) is 5.92 Å². The van der Waals surface area contributed by atoms with Gasteiger partial charge in [-0.1, -0.05) is 35.1 Å². The Balaban J connectivity index is 1.35. The number of carbonyl (C=O) groups excluding carboxylic acids is 1. The summed E-state index contributed by atoms with van der Waals surface area (Å²) < 4.78 is 34.2. The van der Waals surface area contributed by atoms with Crippen molar-refractivity contribution in [1.29, 1.82) is 0 Å². The Kier molecular flexibility index (Phi) is 6.48. The number of hydrogen-bond donors (Lipinski definition) is 0. The molecule has 0 radical (unpaired) electrons. The average Bonchev–Trinajstić information content (AvgIpc) is 3.52. The molecule has 0 N–H and O–H groups in total. The monoisotopic (exact) mass is 509 g/mol. The lowest BCUT2D eigenvalue weighted by Gasteiger charge is -2.32. The first-order valence-electron chi connectivity index (χ1n) is 11.6. The van der Waals surface area contributed by atoms with E-state index in [4.69, 9.17) is 9.40 Å². The Morgan fingerprint density at radius 3 is 2.49 bits per heavy atom. The van der Waals surface area contributed by atoms with E-state index in [2.05, 4.69) is 6.07 Å². The van der Waals surface area contributed by atoms with Gasteiger partial charge in [-0.3, -0.25) is 9.69 Å². The highest BCUT2D eigenvalue weighted by molar-refractivity contribution is 7.89. The number of nitrogens with zero attached hydrogens (tertiary/aromatic N) is 3. The summed E-state index contributed by atoms with van der Waals surface area (Å²) >= 11 is 1.48. The van der Waals surface area contributed by atoms with Crippen molar-refractivity contribution in [2.45, 2.75) is 38.1 Å². The van der Waals surface area contributed by atoms with E-state index in [-0.39, 0.29) is 23.3 Å². The lowest BCUT2D eigenvalue weighted by Crippen LogP contribution is -2.44. The zero-order valence-electron chi connectivity index (χ0n) is 19.7. The van der Waals surface area contributed by atoms with Crippen LogP contribution >= 0.6 is 11.3 Å². The molecule has 1 aliphatic heterocycles. The summed E-state index contributed by atoms with van der Waals surface area (Å²) in [7, 11) is -3.58. The molecule has 0 saturated carbocycles. The first-order valence-corrected chi connectivity index (χ1v) is 13.8. The normalized spacial score (nSPS) is 15.5. The largest absolute Gasteiger partial charge is 0.467 e. The molecule has 0 atom stereocenters. The predicted octanol–water partition coefficient (Wildman–Crippen LogP) is 5.14. The van der Waals surface area contributed by atoms with Crippen LogP contribution in [0.25, 0.3) is 10.2 Å². The number of carbonyl (C=O) groups is 1. The van der Waals surface area contributed by atoms with Crippen molar-refractivity contribution in [1.82, 2.24) is 9.29 Å². The molecular weight excluding hydrogens is 482 g/mol. The van der Waals surface area contributed by atoms with Gasteiger partial charge in [0.05, 0.1) is 27.9 Å². The van der Waals surface area contributed by atoms with Gasteiger partial charge in [0, 0.05) is 19.0 Å². The first kappa shape index (κ1) is 23.7. The third-order valence-electron chi connectivity index (χ3n) is 6.39. The van der Waals surface area contributed by atoms with Crippen molar-refractivity contribution in [3.63, 3.8) is 0 Å². The molecule has 0 bridgehead atoms. The molecule has 1 fully saturated rings. The van der Waals surface area contributed by atoms with Crippen molar-refractivity contribution in [3.05, 3.63) is 77.7 Å². The Hall–Kier alpha value is -3.01. The van der Waals surface area contributed by atoms with Crippen molar-refractivity contribution in [3.8, 4) is 0 Å². The number of furan rings is 1.